The van der Waals surface area contributed by atoms with Gasteiger partial charge in [0.2, 0.25) is 0 Å². The molecule has 1 amide bonds. The Morgan fingerprint density at radius 3 is 2.74 bits per heavy atom. The molecule has 1 saturated heterocycles. The molecule has 1 aromatic rings. The number of rotatable bonds is 3. The van der Waals surface area contributed by atoms with Gasteiger partial charge in [-0.3, -0.25) is 4.79 Å². The van der Waals surface area contributed by atoms with Crippen LogP contribution >= 0.6 is 22.6 Å². The molecule has 1 heterocycles. The molecular formula is C12H12INO5. The van der Waals surface area contributed by atoms with Crippen LogP contribution in [0.4, 0.5) is 5.69 Å². The molecule has 2 N–H and O–H groups in total. The molecular weight excluding hydrogens is 365 g/mol. The zero-order valence-corrected chi connectivity index (χ0v) is 12.0. The standard InChI is InChI=1S/C12H12INO5/c13-8-3-7(12(16)17)4-9(5-8)14-11(15)10-6-18-1-2-19-10/h3-5,10H,1-2,6H2,(H,14,15)(H,16,17). The van der Waals surface area contributed by atoms with Crippen LogP contribution in [-0.4, -0.2) is 42.9 Å². The van der Waals surface area contributed by atoms with Gasteiger partial charge in [0.15, 0.2) is 6.10 Å². The van der Waals surface area contributed by atoms with E-state index >= 15 is 0 Å². The molecule has 0 spiro atoms. The molecule has 2 rings (SSSR count). The van der Waals surface area contributed by atoms with Gasteiger partial charge < -0.3 is 19.9 Å². The number of carboxylic acids is 1. The number of ether oxygens (including phenoxy) is 2. The van der Waals surface area contributed by atoms with Crippen molar-refractivity contribution < 1.29 is 24.2 Å². The molecule has 1 aromatic carbocycles. The lowest BCUT2D eigenvalue weighted by Crippen LogP contribution is -2.39. The van der Waals surface area contributed by atoms with E-state index in [0.29, 0.717) is 18.9 Å². The SMILES string of the molecule is O=C(O)c1cc(I)cc(NC(=O)C2COCCO2)c1. The topological polar surface area (TPSA) is 84.9 Å². The van der Waals surface area contributed by atoms with E-state index in [1.807, 2.05) is 22.6 Å². The third-order valence-electron chi connectivity index (χ3n) is 2.52. The molecule has 1 aliphatic heterocycles. The molecule has 102 valence electrons. The fraction of sp³-hybridized carbons (Fsp3) is 0.333. The molecule has 0 radical (unpaired) electrons. The van der Waals surface area contributed by atoms with Gasteiger partial charge >= 0.3 is 5.97 Å². The molecule has 0 bridgehead atoms. The van der Waals surface area contributed by atoms with Crippen molar-refractivity contribution in [3.05, 3.63) is 27.3 Å². The number of nitrogens with one attached hydrogen (secondary N) is 1. The lowest BCUT2D eigenvalue weighted by molar-refractivity contribution is -0.142. The zero-order chi connectivity index (χ0) is 13.8. The molecule has 1 atom stereocenters. The van der Waals surface area contributed by atoms with Gasteiger partial charge in [0.25, 0.3) is 5.91 Å². The fourth-order valence-corrected chi connectivity index (χ4v) is 2.32. The van der Waals surface area contributed by atoms with Crippen molar-refractivity contribution in [1.82, 2.24) is 0 Å². The number of carbonyl (C=O) groups is 2. The highest BCUT2D eigenvalue weighted by molar-refractivity contribution is 14.1. The van der Waals surface area contributed by atoms with Gasteiger partial charge in [-0.05, 0) is 40.8 Å². The Balaban J connectivity index is 2.09. The number of halogens is 1. The summed E-state index contributed by atoms with van der Waals surface area (Å²) in [6, 6.07) is 4.62. The Labute approximate surface area is 123 Å². The Hall–Kier alpha value is -1.19. The summed E-state index contributed by atoms with van der Waals surface area (Å²) in [4.78, 5) is 22.8. The van der Waals surface area contributed by atoms with Crippen molar-refractivity contribution in [3.8, 4) is 0 Å². The maximum atomic E-state index is 11.9. The molecule has 6 nitrogen and oxygen atoms in total. The summed E-state index contributed by atoms with van der Waals surface area (Å²) in [6.07, 6.45) is -0.653. The van der Waals surface area contributed by atoms with Gasteiger partial charge in [-0.25, -0.2) is 4.79 Å². The minimum absolute atomic E-state index is 0.128. The van der Waals surface area contributed by atoms with E-state index in [-0.39, 0.29) is 18.1 Å². The highest BCUT2D eigenvalue weighted by Crippen LogP contribution is 2.17. The van der Waals surface area contributed by atoms with Crippen molar-refractivity contribution in [1.29, 1.82) is 0 Å². The quantitative estimate of drug-likeness (QED) is 0.777. The first-order valence-corrected chi connectivity index (χ1v) is 6.68. The lowest BCUT2D eigenvalue weighted by atomic mass is 10.2. The van der Waals surface area contributed by atoms with Crippen molar-refractivity contribution >= 4 is 40.2 Å². The molecule has 19 heavy (non-hydrogen) atoms. The summed E-state index contributed by atoms with van der Waals surface area (Å²) < 4.78 is 11.1. The van der Waals surface area contributed by atoms with Crippen LogP contribution in [0.2, 0.25) is 0 Å². The molecule has 1 fully saturated rings. The average Bonchev–Trinajstić information content (AvgIpc) is 2.39. The fourth-order valence-electron chi connectivity index (χ4n) is 1.65. The van der Waals surface area contributed by atoms with Crippen LogP contribution in [0.1, 0.15) is 10.4 Å². The van der Waals surface area contributed by atoms with Crippen molar-refractivity contribution in [3.63, 3.8) is 0 Å². The van der Waals surface area contributed by atoms with E-state index in [2.05, 4.69) is 5.32 Å². The minimum Gasteiger partial charge on any atom is -0.478 e. The number of amides is 1. The Kier molecular flexibility index (Phi) is 4.72. The molecule has 0 aliphatic carbocycles. The highest BCUT2D eigenvalue weighted by atomic mass is 127. The van der Waals surface area contributed by atoms with Gasteiger partial charge in [-0.15, -0.1) is 0 Å². The van der Waals surface area contributed by atoms with Crippen LogP contribution in [0, 0.1) is 3.57 Å². The van der Waals surface area contributed by atoms with Crippen LogP contribution in [0.25, 0.3) is 0 Å². The number of benzene rings is 1. The number of carboxylic acid groups (broad SMARTS) is 1. The number of aromatic carboxylic acids is 1. The predicted molar refractivity (Wildman–Crippen MR) is 75.3 cm³/mol. The Morgan fingerprint density at radius 1 is 1.32 bits per heavy atom. The zero-order valence-electron chi connectivity index (χ0n) is 9.89. The summed E-state index contributed by atoms with van der Waals surface area (Å²) in [5.74, 6) is -1.37. The van der Waals surface area contributed by atoms with E-state index in [1.165, 1.54) is 12.1 Å². The van der Waals surface area contributed by atoms with E-state index < -0.39 is 12.1 Å². The second-order valence-corrected chi connectivity index (χ2v) is 5.20. The molecule has 7 heteroatoms. The Bertz CT molecular complexity index is 499. The monoisotopic (exact) mass is 377 g/mol. The summed E-state index contributed by atoms with van der Waals surface area (Å²) >= 11 is 2.00. The van der Waals surface area contributed by atoms with Crippen molar-refractivity contribution in [2.45, 2.75) is 6.10 Å². The lowest BCUT2D eigenvalue weighted by Gasteiger charge is -2.22. The van der Waals surface area contributed by atoms with Gasteiger partial charge in [0.05, 0.1) is 25.4 Å². The normalized spacial score (nSPS) is 18.9. The highest BCUT2D eigenvalue weighted by Gasteiger charge is 2.23. The molecule has 0 saturated carbocycles. The summed E-state index contributed by atoms with van der Waals surface area (Å²) in [5.41, 5.74) is 0.562. The summed E-state index contributed by atoms with van der Waals surface area (Å²) in [5, 5.41) is 11.6. The first-order valence-electron chi connectivity index (χ1n) is 5.60. The molecule has 1 aliphatic rings. The van der Waals surface area contributed by atoms with Crippen LogP contribution in [0.3, 0.4) is 0 Å². The number of anilines is 1. The first kappa shape index (κ1) is 14.2. The van der Waals surface area contributed by atoms with Crippen LogP contribution in [-0.2, 0) is 14.3 Å². The van der Waals surface area contributed by atoms with Crippen molar-refractivity contribution in [2.24, 2.45) is 0 Å². The van der Waals surface area contributed by atoms with E-state index in [0.717, 1.165) is 3.57 Å². The predicted octanol–water partition coefficient (Wildman–Crippen LogP) is 1.34. The number of hydrogen-bond acceptors (Lipinski definition) is 4. The second-order valence-electron chi connectivity index (χ2n) is 3.96. The summed E-state index contributed by atoms with van der Waals surface area (Å²) in [6.45, 7) is 1.07. The summed E-state index contributed by atoms with van der Waals surface area (Å²) in [7, 11) is 0. The third-order valence-corrected chi connectivity index (χ3v) is 3.14. The molecule has 0 aromatic heterocycles. The van der Waals surface area contributed by atoms with Crippen LogP contribution in [0.15, 0.2) is 18.2 Å². The molecule has 1 unspecified atom stereocenters. The van der Waals surface area contributed by atoms with Gasteiger partial charge in [0, 0.05) is 9.26 Å². The second kappa shape index (κ2) is 6.31. The largest absolute Gasteiger partial charge is 0.478 e. The van der Waals surface area contributed by atoms with E-state index in [1.54, 1.807) is 6.07 Å². The van der Waals surface area contributed by atoms with E-state index in [4.69, 9.17) is 14.6 Å². The smallest absolute Gasteiger partial charge is 0.335 e. The minimum atomic E-state index is -1.04. The van der Waals surface area contributed by atoms with Gasteiger partial charge in [-0.1, -0.05) is 0 Å². The average molecular weight is 377 g/mol. The third kappa shape index (κ3) is 3.88. The van der Waals surface area contributed by atoms with Crippen LogP contribution < -0.4 is 5.32 Å². The van der Waals surface area contributed by atoms with E-state index in [9.17, 15) is 9.59 Å². The Morgan fingerprint density at radius 2 is 2.11 bits per heavy atom. The van der Waals surface area contributed by atoms with Gasteiger partial charge in [0.1, 0.15) is 0 Å². The number of carbonyl (C=O) groups excluding carboxylic acids is 1. The first-order chi connectivity index (χ1) is 9.06. The van der Waals surface area contributed by atoms with Crippen LogP contribution in [0.5, 0.6) is 0 Å². The maximum Gasteiger partial charge on any atom is 0.335 e. The van der Waals surface area contributed by atoms with Crippen molar-refractivity contribution in [2.75, 3.05) is 25.1 Å². The number of hydrogen-bond donors (Lipinski definition) is 2. The maximum absolute atomic E-state index is 11.9. The van der Waals surface area contributed by atoms with Gasteiger partial charge in [-0.2, -0.15) is 0 Å².